The molecule has 0 aromatic carbocycles. The molecule has 1 aliphatic heterocycles. The molecule has 0 aromatic rings. The molecule has 0 atom stereocenters. The van der Waals surface area contributed by atoms with E-state index >= 15 is 0 Å². The van der Waals surface area contributed by atoms with Crippen LogP contribution in [0.4, 0.5) is 57.1 Å². The maximum atomic E-state index is 13.5. The molecule has 1 rings (SSSR count). The van der Waals surface area contributed by atoms with Crippen molar-refractivity contribution >= 4 is 0 Å². The summed E-state index contributed by atoms with van der Waals surface area (Å²) in [5, 5.41) is 0. The van der Waals surface area contributed by atoms with Crippen LogP contribution in [0.5, 0.6) is 0 Å². The van der Waals surface area contributed by atoms with Crippen molar-refractivity contribution in [2.24, 2.45) is 0 Å². The molecule has 0 radical (unpaired) electrons. The van der Waals surface area contributed by atoms with Crippen molar-refractivity contribution in [3.63, 3.8) is 0 Å². The van der Waals surface area contributed by atoms with Crippen molar-refractivity contribution < 1.29 is 57.1 Å². The molecule has 0 aromatic heterocycles. The van der Waals surface area contributed by atoms with E-state index < -0.39 is 55.2 Å². The van der Waals surface area contributed by atoms with Crippen LogP contribution in [0.1, 0.15) is 12.8 Å². The highest BCUT2D eigenvalue weighted by atomic mass is 19.4. The Morgan fingerprint density at radius 1 is 0.679 bits per heavy atom. The third-order valence-electron chi connectivity index (χ3n) is 3.87. The highest BCUT2D eigenvalue weighted by Crippen LogP contribution is 2.60. The second-order valence-corrected chi connectivity index (χ2v) is 6.11. The van der Waals surface area contributed by atoms with Gasteiger partial charge in [0.2, 0.25) is 0 Å². The van der Waals surface area contributed by atoms with Gasteiger partial charge in [0.25, 0.3) is 0 Å². The number of nitrogens with zero attached hydrogens (tertiary/aromatic N) is 2. The van der Waals surface area contributed by atoms with Gasteiger partial charge in [-0.05, 0) is 6.42 Å². The Morgan fingerprint density at radius 3 is 1.54 bits per heavy atom. The van der Waals surface area contributed by atoms with Gasteiger partial charge in [-0.3, -0.25) is 0 Å². The van der Waals surface area contributed by atoms with E-state index in [2.05, 4.69) is 0 Å². The quantitative estimate of drug-likeness (QED) is 0.476. The molecule has 0 fully saturated rings. The summed E-state index contributed by atoms with van der Waals surface area (Å²) < 4.78 is 168. The highest BCUT2D eigenvalue weighted by molar-refractivity contribution is 5.10. The van der Waals surface area contributed by atoms with Crippen molar-refractivity contribution in [1.29, 1.82) is 0 Å². The molecule has 28 heavy (non-hydrogen) atoms. The zero-order valence-electron chi connectivity index (χ0n) is 13.8. The van der Waals surface area contributed by atoms with Crippen LogP contribution < -0.4 is 0 Å². The molecule has 2 nitrogen and oxygen atoms in total. The standard InChI is InChI=1S/C13H13F13N2/c1-27-5-6-28(7-27)4-2-3-8(14,15)9(16,17)10(18,19)11(20,21)12(22,23)13(24,25)26/h5-6H,2-4,7H2,1H3. The van der Waals surface area contributed by atoms with Crippen molar-refractivity contribution in [2.75, 3.05) is 20.3 Å². The van der Waals surface area contributed by atoms with E-state index in [1.54, 1.807) is 0 Å². The fourth-order valence-electron chi connectivity index (χ4n) is 2.20. The van der Waals surface area contributed by atoms with Gasteiger partial charge >= 0.3 is 35.8 Å². The second-order valence-electron chi connectivity index (χ2n) is 6.11. The lowest BCUT2D eigenvalue weighted by atomic mass is 9.92. The van der Waals surface area contributed by atoms with Crippen molar-refractivity contribution in [1.82, 2.24) is 9.80 Å². The van der Waals surface area contributed by atoms with Gasteiger partial charge in [0.1, 0.15) is 0 Å². The van der Waals surface area contributed by atoms with Crippen molar-refractivity contribution in [3.8, 4) is 0 Å². The summed E-state index contributed by atoms with van der Waals surface area (Å²) >= 11 is 0. The van der Waals surface area contributed by atoms with Crippen LogP contribution >= 0.6 is 0 Å². The Kier molecular flexibility index (Phi) is 6.15. The average molecular weight is 444 g/mol. The summed E-state index contributed by atoms with van der Waals surface area (Å²) in [5.41, 5.74) is 0. The molecular formula is C13H13F13N2. The Morgan fingerprint density at radius 2 is 1.14 bits per heavy atom. The summed E-state index contributed by atoms with van der Waals surface area (Å²) in [5.74, 6) is -36.4. The van der Waals surface area contributed by atoms with Gasteiger partial charge in [-0.1, -0.05) is 0 Å². The van der Waals surface area contributed by atoms with Gasteiger partial charge in [-0.2, -0.15) is 57.1 Å². The Labute approximate surface area is 149 Å². The normalized spacial score (nSPS) is 17.6. The predicted octanol–water partition coefficient (Wildman–Crippen LogP) is 5.18. The van der Waals surface area contributed by atoms with Crippen LogP contribution in [-0.2, 0) is 0 Å². The molecule has 0 spiro atoms. The monoisotopic (exact) mass is 444 g/mol. The molecule has 1 heterocycles. The molecule has 1 aliphatic rings. The van der Waals surface area contributed by atoms with Crippen LogP contribution in [-0.4, -0.2) is 65.8 Å². The molecule has 15 heteroatoms. The zero-order chi connectivity index (χ0) is 22.4. The lowest BCUT2D eigenvalue weighted by molar-refractivity contribution is -0.440. The maximum Gasteiger partial charge on any atom is 0.460 e. The van der Waals surface area contributed by atoms with Crippen molar-refractivity contribution in [3.05, 3.63) is 12.4 Å². The summed E-state index contributed by atoms with van der Waals surface area (Å²) in [7, 11) is 1.53. The minimum Gasteiger partial charge on any atom is -0.362 e. The summed E-state index contributed by atoms with van der Waals surface area (Å²) in [6.45, 7) is -0.318. The third-order valence-corrected chi connectivity index (χ3v) is 3.87. The first-order chi connectivity index (χ1) is 12.2. The van der Waals surface area contributed by atoms with E-state index in [0.29, 0.717) is 0 Å². The molecule has 0 aliphatic carbocycles. The average Bonchev–Trinajstić information content (AvgIpc) is 2.90. The number of alkyl halides is 13. The lowest BCUT2D eigenvalue weighted by Crippen LogP contribution is -2.70. The van der Waals surface area contributed by atoms with Gasteiger partial charge in [-0.15, -0.1) is 0 Å². The van der Waals surface area contributed by atoms with E-state index in [4.69, 9.17) is 0 Å². The second kappa shape index (κ2) is 7.04. The largest absolute Gasteiger partial charge is 0.460 e. The summed E-state index contributed by atoms with van der Waals surface area (Å²) in [4.78, 5) is 2.75. The molecule has 0 bridgehead atoms. The van der Waals surface area contributed by atoms with Crippen LogP contribution in [0.15, 0.2) is 12.4 Å². The first kappa shape index (κ1) is 24.5. The van der Waals surface area contributed by atoms with Crippen molar-refractivity contribution in [2.45, 2.75) is 48.6 Å². The number of hydrogen-bond acceptors (Lipinski definition) is 2. The van der Waals surface area contributed by atoms with Crippen LogP contribution in [0.25, 0.3) is 0 Å². The van der Waals surface area contributed by atoms with Crippen LogP contribution in [0, 0.1) is 0 Å². The molecule has 166 valence electrons. The first-order valence-electron chi connectivity index (χ1n) is 7.31. The van der Waals surface area contributed by atoms with Gasteiger partial charge < -0.3 is 9.80 Å². The highest BCUT2D eigenvalue weighted by Gasteiger charge is 2.90. The fourth-order valence-corrected chi connectivity index (χ4v) is 2.20. The minimum absolute atomic E-state index is 0.105. The molecule has 0 unspecified atom stereocenters. The van der Waals surface area contributed by atoms with E-state index in [9.17, 15) is 57.1 Å². The molecule has 0 saturated carbocycles. The lowest BCUT2D eigenvalue weighted by Gasteiger charge is -2.39. The minimum atomic E-state index is -7.84. The summed E-state index contributed by atoms with van der Waals surface area (Å²) in [6, 6.07) is 0. The van der Waals surface area contributed by atoms with E-state index in [1.165, 1.54) is 29.2 Å². The predicted molar refractivity (Wildman–Crippen MR) is 68.5 cm³/mol. The van der Waals surface area contributed by atoms with Gasteiger partial charge in [0.05, 0.1) is 6.67 Å². The molecular weight excluding hydrogens is 431 g/mol. The smallest absolute Gasteiger partial charge is 0.362 e. The van der Waals surface area contributed by atoms with E-state index in [0.717, 1.165) is 0 Å². The SMILES string of the molecule is CN1C=CN(CCCC(F)(F)C(F)(F)C(F)(F)C(F)(F)C(F)(F)C(F)(F)F)C1. The topological polar surface area (TPSA) is 6.48 Å². The molecule has 0 N–H and O–H groups in total. The van der Waals surface area contributed by atoms with Crippen LogP contribution in [0.3, 0.4) is 0 Å². The maximum absolute atomic E-state index is 13.5. The van der Waals surface area contributed by atoms with E-state index in [-0.39, 0.29) is 6.67 Å². The Bertz CT molecular complexity index is 581. The fraction of sp³-hybridized carbons (Fsp3) is 0.846. The third kappa shape index (κ3) is 3.80. The molecule has 0 saturated heterocycles. The van der Waals surface area contributed by atoms with Crippen LogP contribution in [0.2, 0.25) is 0 Å². The number of hydrogen-bond donors (Lipinski definition) is 0. The molecule has 0 amide bonds. The Balaban J connectivity index is 3.04. The van der Waals surface area contributed by atoms with Gasteiger partial charge in [0, 0.05) is 32.4 Å². The first-order valence-corrected chi connectivity index (χ1v) is 7.31. The Hall–Kier alpha value is -1.57. The zero-order valence-corrected chi connectivity index (χ0v) is 13.8. The van der Waals surface area contributed by atoms with Gasteiger partial charge in [0.15, 0.2) is 0 Å². The number of rotatable bonds is 8. The van der Waals surface area contributed by atoms with Gasteiger partial charge in [-0.25, -0.2) is 0 Å². The number of halogens is 13. The summed E-state index contributed by atoms with van der Waals surface area (Å²) in [6.07, 6.45) is -7.79. The van der Waals surface area contributed by atoms with E-state index in [1.807, 2.05) is 0 Å².